The molecule has 2 heterocycles. The Morgan fingerprint density at radius 2 is 1.14 bits per heavy atom. The Kier molecular flexibility index (Phi) is 16.0. The Morgan fingerprint density at radius 3 is 1.50 bits per heavy atom. The zero-order valence-corrected chi connectivity index (χ0v) is 37.6. The second-order valence-corrected chi connectivity index (χ2v) is 28.3. The molecule has 56 heavy (non-hydrogen) atoms. The second-order valence-electron chi connectivity index (χ2n) is 18.5. The van der Waals surface area contributed by atoms with Gasteiger partial charge in [0.05, 0.1) is 12.2 Å². The number of benzene rings is 2. The monoisotopic (exact) mass is 828 g/mol. The number of ether oxygens (including phenoxy) is 3. The number of halogens is 1. The number of esters is 1. The van der Waals surface area contributed by atoms with Crippen LogP contribution in [-0.2, 0) is 23.1 Å². The van der Waals surface area contributed by atoms with E-state index in [1.807, 2.05) is 24.3 Å². The van der Waals surface area contributed by atoms with Crippen LogP contribution in [-0.4, -0.2) is 81.8 Å². The third kappa shape index (κ3) is 11.6. The van der Waals surface area contributed by atoms with Crippen molar-refractivity contribution < 1.29 is 37.8 Å². The van der Waals surface area contributed by atoms with Crippen LogP contribution in [0.5, 0.6) is 0 Å². The average Bonchev–Trinajstić information content (AvgIpc) is 4.01. The molecule has 2 aliphatic carbocycles. The molecule has 0 radical (unpaired) electrons. The van der Waals surface area contributed by atoms with Crippen molar-refractivity contribution in [3.8, 4) is 0 Å². The summed E-state index contributed by atoms with van der Waals surface area (Å²) in [7, 11) is -3.55. The van der Waals surface area contributed by atoms with Gasteiger partial charge < -0.3 is 28.2 Å². The van der Waals surface area contributed by atoms with Gasteiger partial charge in [0.2, 0.25) is 0 Å². The minimum atomic E-state index is -1.82. The smallest absolute Gasteiger partial charge is 0.338 e. The minimum Gasteiger partial charge on any atom is -0.459 e. The quantitative estimate of drug-likeness (QED) is 0.0875. The van der Waals surface area contributed by atoms with Gasteiger partial charge in [-0.15, -0.1) is 0 Å². The van der Waals surface area contributed by atoms with E-state index in [-0.39, 0.29) is 72.3 Å². The molecule has 8 nitrogen and oxygen atoms in total. The molecule has 0 bridgehead atoms. The summed E-state index contributed by atoms with van der Waals surface area (Å²) in [5, 5.41) is 9.30. The molecule has 0 amide bonds. The zero-order valence-electron chi connectivity index (χ0n) is 34.8. The van der Waals surface area contributed by atoms with Crippen molar-refractivity contribution in [2.45, 2.75) is 159 Å². The Balaban J connectivity index is 0.000000251. The first-order valence-electron chi connectivity index (χ1n) is 19.6. The molecule has 312 valence electrons. The van der Waals surface area contributed by atoms with Crippen LogP contribution in [0.4, 0.5) is 0 Å². The summed E-state index contributed by atoms with van der Waals surface area (Å²) in [5.74, 6) is -0.309. The van der Waals surface area contributed by atoms with Gasteiger partial charge in [-0.25, -0.2) is 4.79 Å². The van der Waals surface area contributed by atoms with Crippen LogP contribution in [0.25, 0.3) is 0 Å². The van der Waals surface area contributed by atoms with E-state index < -0.39 is 21.9 Å². The van der Waals surface area contributed by atoms with Crippen molar-refractivity contribution in [1.82, 2.24) is 0 Å². The van der Waals surface area contributed by atoms with Gasteiger partial charge >= 0.3 is 5.97 Å². The highest BCUT2D eigenvalue weighted by Crippen LogP contribution is 2.54. The first-order valence-corrected chi connectivity index (χ1v) is 25.8. The molecule has 6 atom stereocenters. The molecule has 6 unspecified atom stereocenters. The predicted octanol–water partition coefficient (Wildman–Crippen LogP) is 11.1. The third-order valence-electron chi connectivity index (χ3n) is 12.5. The molecule has 2 saturated carbocycles. The van der Waals surface area contributed by atoms with Crippen LogP contribution < -0.4 is 0 Å². The fraction of sp³-hybridized carbons (Fsp3) is 0.600. The first kappa shape index (κ1) is 48.0. The van der Waals surface area contributed by atoms with Crippen molar-refractivity contribution in [3.05, 3.63) is 96.1 Å². The standard InChI is InChI=1S/C22H32O4Si.C15H28O3Si.C7H5ClO.CH4/c1-16-12-13-18(26-27(5,6)21(2,3)4)14-22(16)19(25-22)15-24-20(23)17-10-8-7-9-11-17;1-11-7-8-12(9-15(11)13(10-16)17-15)18-19(5,6)14(2,3)4;8-7(9)6-4-2-1-3-5-6;/h7-11,18-19H,1,12-15H2,2-6H3;12-13,16H,1,7-10H2,2-6H3;1-5H;1H4. The summed E-state index contributed by atoms with van der Waals surface area (Å²) in [4.78, 5) is 22.6. The van der Waals surface area contributed by atoms with E-state index in [1.165, 1.54) is 0 Å². The number of aliphatic hydroxyl groups is 1. The SMILES string of the molecule is C.C=C1CCC(O[Si](C)(C)C(C)(C)C)CC12OC2CO.C=C1CCC(O[Si](C)(C)C(C)(C)C)CC12OC2COC(=O)c1ccccc1.O=C(Cl)c1ccccc1. The Bertz CT molecular complexity index is 1650. The summed E-state index contributed by atoms with van der Waals surface area (Å²) < 4.78 is 30.4. The van der Waals surface area contributed by atoms with Crippen LogP contribution in [0, 0.1) is 0 Å². The van der Waals surface area contributed by atoms with E-state index in [2.05, 4.69) is 80.9 Å². The van der Waals surface area contributed by atoms with Crippen molar-refractivity contribution in [1.29, 1.82) is 0 Å². The van der Waals surface area contributed by atoms with E-state index in [4.69, 9.17) is 34.7 Å². The highest BCUT2D eigenvalue weighted by Gasteiger charge is 2.62. The maximum absolute atomic E-state index is 12.2. The maximum atomic E-state index is 12.2. The molecule has 2 aromatic rings. The molecule has 4 aliphatic rings. The van der Waals surface area contributed by atoms with Gasteiger partial charge in [0.15, 0.2) is 16.6 Å². The number of hydrogen-bond donors (Lipinski definition) is 1. The van der Waals surface area contributed by atoms with Crippen molar-refractivity contribution in [2.75, 3.05) is 13.2 Å². The first-order chi connectivity index (χ1) is 25.5. The lowest BCUT2D eigenvalue weighted by atomic mass is 9.81. The Morgan fingerprint density at radius 1 is 0.750 bits per heavy atom. The number of rotatable bonds is 9. The zero-order chi connectivity index (χ0) is 41.0. The summed E-state index contributed by atoms with van der Waals surface area (Å²) in [6.07, 6.45) is 5.85. The average molecular weight is 830 g/mol. The van der Waals surface area contributed by atoms with E-state index in [0.717, 1.165) is 49.7 Å². The molecule has 2 aromatic carbocycles. The fourth-order valence-electron chi connectivity index (χ4n) is 6.80. The molecule has 1 N–H and O–H groups in total. The lowest BCUT2D eigenvalue weighted by Crippen LogP contribution is -2.46. The van der Waals surface area contributed by atoms with Crippen molar-refractivity contribution in [3.63, 3.8) is 0 Å². The maximum Gasteiger partial charge on any atom is 0.338 e. The Labute approximate surface area is 344 Å². The highest BCUT2D eigenvalue weighted by atomic mass is 35.5. The normalized spacial score (nSPS) is 27.2. The summed E-state index contributed by atoms with van der Waals surface area (Å²) in [5.41, 5.74) is 2.70. The van der Waals surface area contributed by atoms with Gasteiger partial charge in [-0.3, -0.25) is 4.79 Å². The van der Waals surface area contributed by atoms with Gasteiger partial charge in [-0.2, -0.15) is 0 Å². The fourth-order valence-corrected chi connectivity index (χ4v) is 9.71. The molecule has 2 saturated heterocycles. The van der Waals surface area contributed by atoms with E-state index in [1.54, 1.807) is 36.4 Å². The van der Waals surface area contributed by atoms with Gasteiger partial charge in [0, 0.05) is 30.6 Å². The summed E-state index contributed by atoms with van der Waals surface area (Å²) >= 11 is 5.16. The van der Waals surface area contributed by atoms with Crippen LogP contribution >= 0.6 is 11.6 Å². The number of carbonyl (C=O) groups is 2. The van der Waals surface area contributed by atoms with Crippen LogP contribution in [0.3, 0.4) is 0 Å². The summed E-state index contributed by atoms with van der Waals surface area (Å²) in [6, 6.07) is 17.8. The minimum absolute atomic E-state index is 0. The van der Waals surface area contributed by atoms with Gasteiger partial charge in [-0.1, -0.05) is 111 Å². The topological polar surface area (TPSA) is 107 Å². The van der Waals surface area contributed by atoms with Crippen molar-refractivity contribution in [2.24, 2.45) is 0 Å². The predicted molar refractivity (Wildman–Crippen MR) is 232 cm³/mol. The third-order valence-corrected chi connectivity index (χ3v) is 21.8. The second kappa shape index (κ2) is 18.7. The number of hydrogen-bond acceptors (Lipinski definition) is 8. The van der Waals surface area contributed by atoms with Gasteiger partial charge in [0.25, 0.3) is 5.24 Å². The lowest BCUT2D eigenvalue weighted by Gasteiger charge is -2.41. The Hall–Kier alpha value is -2.42. The lowest BCUT2D eigenvalue weighted by molar-refractivity contribution is 0.0476. The van der Waals surface area contributed by atoms with E-state index >= 15 is 0 Å². The van der Waals surface area contributed by atoms with Crippen molar-refractivity contribution >= 4 is 39.4 Å². The molecule has 2 spiro atoms. The molecule has 6 rings (SSSR count). The van der Waals surface area contributed by atoms with E-state index in [0.29, 0.717) is 11.1 Å². The summed E-state index contributed by atoms with van der Waals surface area (Å²) in [6.45, 7) is 31.4. The number of epoxide rings is 2. The van der Waals surface area contributed by atoms with E-state index in [9.17, 15) is 14.7 Å². The number of carbonyl (C=O) groups excluding carboxylic acids is 2. The molecular formula is C45H69ClO8Si2. The van der Waals surface area contributed by atoms with Crippen LogP contribution in [0.1, 0.15) is 108 Å². The molecule has 11 heteroatoms. The molecule has 0 aromatic heterocycles. The molecule has 4 fully saturated rings. The van der Waals surface area contributed by atoms with Crippen LogP contribution in [0.2, 0.25) is 36.3 Å². The molecular weight excluding hydrogens is 760 g/mol. The number of aliphatic hydroxyl groups excluding tert-OH is 1. The largest absolute Gasteiger partial charge is 0.459 e. The van der Waals surface area contributed by atoms with Gasteiger partial charge in [-0.05, 0) is 96.8 Å². The highest BCUT2D eigenvalue weighted by molar-refractivity contribution is 6.74. The van der Waals surface area contributed by atoms with Crippen LogP contribution in [0.15, 0.2) is 85.0 Å². The molecule has 2 aliphatic heterocycles. The van der Waals surface area contributed by atoms with Gasteiger partial charge in [0.1, 0.15) is 30.0 Å².